The molecule has 0 aliphatic rings. The van der Waals surface area contributed by atoms with E-state index in [9.17, 15) is 31.0 Å². The third kappa shape index (κ3) is 8.19. The molecule has 0 saturated carbocycles. The van der Waals surface area contributed by atoms with Crippen LogP contribution in [0, 0.1) is 0 Å². The third-order valence-electron chi connectivity index (χ3n) is 7.26. The van der Waals surface area contributed by atoms with Gasteiger partial charge in [0.15, 0.2) is 0 Å². The SMILES string of the molecule is Nc1ccc2cc(S(=O)(=O)[O-])cc([O-])c2c1N=Nc1ccc(-c2ccc(N=Nc3cc(S(=O)(=O)O)c4ccccc4c3N)cc2)cc1.[Na+].[Na+]. The second kappa shape index (κ2) is 15.0. The number of hydrogen-bond acceptors (Lipinski definition) is 12. The fourth-order valence-corrected chi connectivity index (χ4v) is 6.20. The van der Waals surface area contributed by atoms with Crippen molar-refractivity contribution in [3.8, 4) is 16.9 Å². The number of azo groups is 2. The average Bonchev–Trinajstić information content (AvgIpc) is 3.03. The smallest absolute Gasteiger partial charge is 0.872 e. The Morgan fingerprint density at radius 1 is 0.653 bits per heavy atom. The minimum absolute atomic E-state index is 0. The Kier molecular flexibility index (Phi) is 11.7. The first-order valence-electron chi connectivity index (χ1n) is 13.6. The van der Waals surface area contributed by atoms with Gasteiger partial charge in [0.1, 0.15) is 26.4 Å². The van der Waals surface area contributed by atoms with Crippen LogP contribution in [0.5, 0.6) is 5.75 Å². The topological polar surface area (TPSA) is 236 Å². The summed E-state index contributed by atoms with van der Waals surface area (Å²) in [6, 6.07) is 26.4. The Balaban J connectivity index is 0.00000270. The number of fused-ring (bicyclic) bond motifs is 2. The predicted molar refractivity (Wildman–Crippen MR) is 174 cm³/mol. The van der Waals surface area contributed by atoms with E-state index in [-0.39, 0.29) is 103 Å². The zero-order chi connectivity index (χ0) is 33.5. The van der Waals surface area contributed by atoms with Gasteiger partial charge in [-0.15, -0.1) is 10.2 Å². The monoisotopic (exact) mass is 712 g/mol. The van der Waals surface area contributed by atoms with Crippen LogP contribution < -0.4 is 75.7 Å². The van der Waals surface area contributed by atoms with E-state index in [0.717, 1.165) is 23.3 Å². The maximum Gasteiger partial charge on any atom is 1.00 e. The van der Waals surface area contributed by atoms with Crippen molar-refractivity contribution in [2.75, 3.05) is 11.5 Å². The van der Waals surface area contributed by atoms with Gasteiger partial charge in [-0.3, -0.25) is 4.55 Å². The molecule has 0 aliphatic carbocycles. The molecular weight excluding hydrogens is 691 g/mol. The van der Waals surface area contributed by atoms with Crippen molar-refractivity contribution in [3.05, 3.63) is 103 Å². The molecule has 17 heteroatoms. The fraction of sp³-hybridized carbons (Fsp3) is 0. The quantitative estimate of drug-likeness (QED) is 0.0921. The van der Waals surface area contributed by atoms with Crippen LogP contribution in [0.1, 0.15) is 0 Å². The van der Waals surface area contributed by atoms with Gasteiger partial charge in [0, 0.05) is 16.2 Å². The van der Waals surface area contributed by atoms with Crippen molar-refractivity contribution in [3.63, 3.8) is 0 Å². The number of hydrogen-bond donors (Lipinski definition) is 3. The van der Waals surface area contributed by atoms with Gasteiger partial charge in [-0.05, 0) is 59.0 Å². The zero-order valence-corrected chi connectivity index (χ0v) is 31.6. The molecule has 0 aliphatic heterocycles. The van der Waals surface area contributed by atoms with Crippen LogP contribution >= 0.6 is 0 Å². The summed E-state index contributed by atoms with van der Waals surface area (Å²) in [6.45, 7) is 0. The Labute approximate surface area is 324 Å². The molecule has 0 radical (unpaired) electrons. The summed E-state index contributed by atoms with van der Waals surface area (Å²) in [5.41, 5.74) is 15.3. The Bertz CT molecular complexity index is 2500. The molecule has 5 N–H and O–H groups in total. The average molecular weight is 713 g/mol. The first kappa shape index (κ1) is 38.1. The Morgan fingerprint density at radius 3 is 1.76 bits per heavy atom. The van der Waals surface area contributed by atoms with Crippen LogP contribution in [0.3, 0.4) is 0 Å². The van der Waals surface area contributed by atoms with Crippen molar-refractivity contribution >= 4 is 75.9 Å². The minimum atomic E-state index is -4.83. The number of benzene rings is 6. The molecule has 0 atom stereocenters. The van der Waals surface area contributed by atoms with E-state index in [1.807, 2.05) is 0 Å². The second-order valence-electron chi connectivity index (χ2n) is 10.3. The van der Waals surface area contributed by atoms with Crippen molar-refractivity contribution in [1.82, 2.24) is 0 Å². The molecule has 6 aromatic carbocycles. The van der Waals surface area contributed by atoms with Crippen molar-refractivity contribution < 1.29 is 90.2 Å². The van der Waals surface area contributed by atoms with E-state index in [0.29, 0.717) is 16.8 Å². The van der Waals surface area contributed by atoms with Gasteiger partial charge < -0.3 is 21.1 Å². The molecule has 6 rings (SSSR count). The summed E-state index contributed by atoms with van der Waals surface area (Å²) < 4.78 is 67.9. The number of anilines is 2. The fourth-order valence-electron chi connectivity index (χ4n) is 4.96. The number of nitrogen functional groups attached to an aromatic ring is 2. The van der Waals surface area contributed by atoms with Crippen LogP contribution in [-0.4, -0.2) is 25.9 Å². The normalized spacial score (nSPS) is 12.0. The first-order chi connectivity index (χ1) is 22.3. The first-order valence-corrected chi connectivity index (χ1v) is 16.5. The molecule has 0 spiro atoms. The summed E-state index contributed by atoms with van der Waals surface area (Å²) in [5, 5.41) is 30.2. The summed E-state index contributed by atoms with van der Waals surface area (Å²) in [4.78, 5) is -0.962. The molecule has 49 heavy (non-hydrogen) atoms. The van der Waals surface area contributed by atoms with Crippen LogP contribution in [-0.2, 0) is 20.2 Å². The van der Waals surface area contributed by atoms with E-state index >= 15 is 0 Å². The van der Waals surface area contributed by atoms with Crippen molar-refractivity contribution in [1.29, 1.82) is 0 Å². The van der Waals surface area contributed by atoms with Crippen molar-refractivity contribution in [2.45, 2.75) is 9.79 Å². The molecule has 0 aromatic heterocycles. The standard InChI is InChI=1S/C32H24N6O7S2.2Na/c33-26-14-9-20-15-23(46(40,41)42)16-28(39)30(20)32(26)38-36-22-12-7-19(8-13-22)18-5-10-21(11-6-18)35-37-27-17-29(47(43,44)45)24-3-1-2-4-25(24)31(27)34;;/h1-17,39H,33-34H2,(H,40,41,42)(H,43,44,45);;/q;2*+1/p-2. The molecular formula is C32H22N6Na2O7S2. The Hall–Kier alpha value is -3.74. The van der Waals surface area contributed by atoms with E-state index in [2.05, 4.69) is 20.5 Å². The van der Waals surface area contributed by atoms with Crippen LogP contribution in [0.25, 0.3) is 32.7 Å². The molecule has 0 fully saturated rings. The predicted octanol–water partition coefficient (Wildman–Crippen LogP) is 0.888. The largest absolute Gasteiger partial charge is 1.00 e. The number of nitrogens with two attached hydrogens (primary N) is 2. The molecule has 0 bridgehead atoms. The van der Waals surface area contributed by atoms with Gasteiger partial charge in [-0.1, -0.05) is 66.4 Å². The maximum atomic E-state index is 12.7. The van der Waals surface area contributed by atoms with Crippen LogP contribution in [0.15, 0.2) is 133 Å². The van der Waals surface area contributed by atoms with E-state index in [1.54, 1.807) is 72.8 Å². The van der Waals surface area contributed by atoms with Gasteiger partial charge in [0.25, 0.3) is 10.1 Å². The summed E-state index contributed by atoms with van der Waals surface area (Å²) in [6.07, 6.45) is 0. The number of rotatable bonds is 7. The van der Waals surface area contributed by atoms with Crippen molar-refractivity contribution in [2.24, 2.45) is 20.5 Å². The van der Waals surface area contributed by atoms with Gasteiger partial charge in [0.2, 0.25) is 0 Å². The molecule has 0 amide bonds. The van der Waals surface area contributed by atoms with Gasteiger partial charge in [-0.25, -0.2) is 8.42 Å². The molecule has 0 unspecified atom stereocenters. The number of nitrogens with zero attached hydrogens (tertiary/aromatic N) is 4. The molecule has 13 nitrogen and oxygen atoms in total. The summed E-state index contributed by atoms with van der Waals surface area (Å²) >= 11 is 0. The zero-order valence-electron chi connectivity index (χ0n) is 26.0. The molecule has 6 aromatic rings. The minimum Gasteiger partial charge on any atom is -0.872 e. The molecule has 0 saturated heterocycles. The summed E-state index contributed by atoms with van der Waals surface area (Å²) in [5.74, 6) is -0.722. The summed E-state index contributed by atoms with van der Waals surface area (Å²) in [7, 11) is -9.37. The van der Waals surface area contributed by atoms with E-state index < -0.39 is 30.9 Å². The Morgan fingerprint density at radius 2 is 1.20 bits per heavy atom. The molecule has 0 heterocycles. The second-order valence-corrected chi connectivity index (χ2v) is 13.1. The van der Waals surface area contributed by atoms with Gasteiger partial charge >= 0.3 is 59.1 Å². The third-order valence-corrected chi connectivity index (χ3v) is 8.97. The van der Waals surface area contributed by atoms with Crippen LogP contribution in [0.4, 0.5) is 34.1 Å². The van der Waals surface area contributed by atoms with Gasteiger partial charge in [-0.2, -0.15) is 18.6 Å². The molecule has 236 valence electrons. The maximum absolute atomic E-state index is 12.7. The van der Waals surface area contributed by atoms with Crippen LogP contribution in [0.2, 0.25) is 0 Å². The van der Waals surface area contributed by atoms with E-state index in [4.69, 9.17) is 11.5 Å². The van der Waals surface area contributed by atoms with E-state index in [1.165, 1.54) is 18.2 Å². The van der Waals surface area contributed by atoms with Gasteiger partial charge in [0.05, 0.1) is 27.6 Å².